The minimum atomic E-state index is -0.884. The molecule has 0 aliphatic rings. The van der Waals surface area contributed by atoms with Crippen LogP contribution in [0.5, 0.6) is 0 Å². The van der Waals surface area contributed by atoms with E-state index in [1.54, 1.807) is 24.3 Å². The molecule has 18 heavy (non-hydrogen) atoms. The Labute approximate surface area is 115 Å². The lowest BCUT2D eigenvalue weighted by molar-refractivity contribution is -0.140. The fourth-order valence-corrected chi connectivity index (χ4v) is 1.66. The monoisotopic (exact) mass is 289 g/mol. The number of esters is 1. The third-order valence-corrected chi connectivity index (χ3v) is 2.95. The Morgan fingerprint density at radius 3 is 2.67 bits per heavy atom. The predicted molar refractivity (Wildman–Crippen MR) is 69.8 cm³/mol. The highest BCUT2D eigenvalue weighted by molar-refractivity contribution is 6.31. The van der Waals surface area contributed by atoms with E-state index in [9.17, 15) is 9.59 Å². The van der Waals surface area contributed by atoms with Crippen molar-refractivity contribution in [2.75, 3.05) is 13.7 Å². The summed E-state index contributed by atoms with van der Waals surface area (Å²) < 4.78 is 4.44. The van der Waals surface area contributed by atoms with Crippen molar-refractivity contribution in [3.8, 4) is 0 Å². The van der Waals surface area contributed by atoms with Crippen LogP contribution in [0.1, 0.15) is 5.56 Å². The molecule has 0 saturated heterocycles. The third-order valence-electron chi connectivity index (χ3n) is 2.24. The fraction of sp³-hybridized carbons (Fsp3) is 0.333. The molecule has 1 rings (SSSR count). The summed E-state index contributed by atoms with van der Waals surface area (Å²) >= 11 is 11.6. The van der Waals surface area contributed by atoms with Gasteiger partial charge in [-0.05, 0) is 11.6 Å². The van der Waals surface area contributed by atoms with Crippen LogP contribution < -0.4 is 5.32 Å². The van der Waals surface area contributed by atoms with Gasteiger partial charge in [-0.1, -0.05) is 29.8 Å². The Balaban J connectivity index is 2.43. The number of alkyl halides is 1. The maximum atomic E-state index is 11.6. The van der Waals surface area contributed by atoms with Crippen LogP contribution in [0.4, 0.5) is 0 Å². The summed E-state index contributed by atoms with van der Waals surface area (Å²) in [6.07, 6.45) is 0.143. The van der Waals surface area contributed by atoms with Gasteiger partial charge in [0.2, 0.25) is 5.91 Å². The van der Waals surface area contributed by atoms with E-state index in [4.69, 9.17) is 23.2 Å². The van der Waals surface area contributed by atoms with Crippen molar-refractivity contribution in [1.29, 1.82) is 0 Å². The van der Waals surface area contributed by atoms with Crippen LogP contribution in [-0.2, 0) is 20.7 Å². The van der Waals surface area contributed by atoms with Crippen LogP contribution in [-0.4, -0.2) is 30.9 Å². The smallest absolute Gasteiger partial charge is 0.325 e. The average molecular weight is 290 g/mol. The lowest BCUT2D eigenvalue weighted by Gasteiger charge is -2.09. The second-order valence-electron chi connectivity index (χ2n) is 3.56. The van der Waals surface area contributed by atoms with Crippen LogP contribution in [0.3, 0.4) is 0 Å². The van der Waals surface area contributed by atoms with E-state index in [0.29, 0.717) is 5.02 Å². The van der Waals surface area contributed by atoms with E-state index in [1.807, 2.05) is 0 Å². The van der Waals surface area contributed by atoms with E-state index < -0.39 is 11.3 Å². The van der Waals surface area contributed by atoms with Crippen molar-refractivity contribution in [3.63, 3.8) is 0 Å². The van der Waals surface area contributed by atoms with Crippen molar-refractivity contribution in [1.82, 2.24) is 5.32 Å². The van der Waals surface area contributed by atoms with Gasteiger partial charge in [-0.2, -0.15) is 0 Å². The SMILES string of the molecule is COC(=O)C(Cl)CNC(=O)Cc1ccccc1Cl. The number of nitrogens with one attached hydrogen (secondary N) is 1. The maximum absolute atomic E-state index is 11.6. The van der Waals surface area contributed by atoms with Crippen LogP contribution in [0.25, 0.3) is 0 Å². The first-order valence-electron chi connectivity index (χ1n) is 5.26. The molecule has 1 amide bonds. The van der Waals surface area contributed by atoms with Crippen molar-refractivity contribution in [3.05, 3.63) is 34.9 Å². The number of rotatable bonds is 5. The summed E-state index contributed by atoms with van der Waals surface area (Å²) in [6.45, 7) is 0.0253. The summed E-state index contributed by atoms with van der Waals surface area (Å²) in [6, 6.07) is 7.06. The molecule has 1 unspecified atom stereocenters. The number of hydrogen-bond acceptors (Lipinski definition) is 3. The van der Waals surface area contributed by atoms with Crippen LogP contribution in [0, 0.1) is 0 Å². The Hall–Kier alpha value is -1.26. The first kappa shape index (κ1) is 14.8. The zero-order valence-electron chi connectivity index (χ0n) is 9.78. The van der Waals surface area contributed by atoms with Gasteiger partial charge < -0.3 is 10.1 Å². The molecule has 0 bridgehead atoms. The van der Waals surface area contributed by atoms with Gasteiger partial charge in [0.05, 0.1) is 13.5 Å². The minimum Gasteiger partial charge on any atom is -0.468 e. The zero-order valence-corrected chi connectivity index (χ0v) is 11.3. The molecule has 0 aliphatic heterocycles. The van der Waals surface area contributed by atoms with E-state index in [-0.39, 0.29) is 18.9 Å². The van der Waals surface area contributed by atoms with Crippen LogP contribution >= 0.6 is 23.2 Å². The predicted octanol–water partition coefficient (Wildman–Crippen LogP) is 1.78. The summed E-state index contributed by atoms with van der Waals surface area (Å²) in [5.74, 6) is -0.827. The van der Waals surface area contributed by atoms with Crippen molar-refractivity contribution in [2.24, 2.45) is 0 Å². The molecule has 0 fully saturated rings. The molecule has 1 N–H and O–H groups in total. The normalized spacial score (nSPS) is 11.7. The standard InChI is InChI=1S/C12H13Cl2NO3/c1-18-12(17)10(14)7-15-11(16)6-8-4-2-3-5-9(8)13/h2-5,10H,6-7H2,1H3,(H,15,16). The highest BCUT2D eigenvalue weighted by Crippen LogP contribution is 2.15. The number of hydrogen-bond donors (Lipinski definition) is 1. The molecule has 1 aromatic rings. The maximum Gasteiger partial charge on any atom is 0.325 e. The van der Waals surface area contributed by atoms with Gasteiger partial charge >= 0.3 is 5.97 Å². The summed E-state index contributed by atoms with van der Waals surface area (Å²) in [5.41, 5.74) is 0.723. The van der Waals surface area contributed by atoms with E-state index in [1.165, 1.54) is 7.11 Å². The highest BCUT2D eigenvalue weighted by Gasteiger charge is 2.16. The molecule has 0 radical (unpaired) electrons. The summed E-state index contributed by atoms with van der Waals surface area (Å²) in [7, 11) is 1.24. The molecule has 1 aromatic carbocycles. The van der Waals surface area contributed by atoms with Gasteiger partial charge in [-0.15, -0.1) is 11.6 Å². The summed E-state index contributed by atoms with van der Waals surface area (Å²) in [4.78, 5) is 22.6. The van der Waals surface area contributed by atoms with Gasteiger partial charge in [0.1, 0.15) is 5.38 Å². The molecular formula is C12H13Cl2NO3. The number of methoxy groups -OCH3 is 1. The number of carbonyl (C=O) groups excluding carboxylic acids is 2. The van der Waals surface area contributed by atoms with Gasteiger partial charge in [0.15, 0.2) is 0 Å². The zero-order chi connectivity index (χ0) is 13.5. The number of benzene rings is 1. The summed E-state index contributed by atoms with van der Waals surface area (Å²) in [5, 5.41) is 2.19. The molecule has 1 atom stereocenters. The molecule has 0 spiro atoms. The van der Waals surface area contributed by atoms with Crippen molar-refractivity contribution >= 4 is 35.1 Å². The number of amides is 1. The van der Waals surface area contributed by atoms with E-state index in [2.05, 4.69) is 10.1 Å². The lowest BCUT2D eigenvalue weighted by Crippen LogP contribution is -2.35. The van der Waals surface area contributed by atoms with Crippen LogP contribution in [0.15, 0.2) is 24.3 Å². The van der Waals surface area contributed by atoms with Gasteiger partial charge in [-0.25, -0.2) is 0 Å². The first-order chi connectivity index (χ1) is 8.54. The quantitative estimate of drug-likeness (QED) is 0.664. The topological polar surface area (TPSA) is 55.4 Å². The number of carbonyl (C=O) groups is 2. The Morgan fingerprint density at radius 2 is 2.06 bits per heavy atom. The van der Waals surface area contributed by atoms with Gasteiger partial charge in [0.25, 0.3) is 0 Å². The first-order valence-corrected chi connectivity index (χ1v) is 6.08. The lowest BCUT2D eigenvalue weighted by atomic mass is 10.1. The van der Waals surface area contributed by atoms with E-state index >= 15 is 0 Å². The Morgan fingerprint density at radius 1 is 1.39 bits per heavy atom. The van der Waals surface area contributed by atoms with Crippen molar-refractivity contribution < 1.29 is 14.3 Å². The fourth-order valence-electron chi connectivity index (χ4n) is 1.29. The third kappa shape index (κ3) is 4.55. The highest BCUT2D eigenvalue weighted by atomic mass is 35.5. The van der Waals surface area contributed by atoms with E-state index in [0.717, 1.165) is 5.56 Å². The molecule has 0 heterocycles. The number of ether oxygens (including phenoxy) is 1. The largest absolute Gasteiger partial charge is 0.468 e. The minimum absolute atomic E-state index is 0.0253. The molecule has 0 saturated carbocycles. The molecule has 0 aliphatic carbocycles. The van der Waals surface area contributed by atoms with Crippen LogP contribution in [0.2, 0.25) is 5.02 Å². The Bertz CT molecular complexity index is 437. The van der Waals surface area contributed by atoms with Crippen molar-refractivity contribution in [2.45, 2.75) is 11.8 Å². The molecule has 6 heteroatoms. The van der Waals surface area contributed by atoms with Gasteiger partial charge in [0, 0.05) is 11.6 Å². The Kier molecular flexibility index (Phi) is 5.95. The molecule has 98 valence electrons. The molecule has 4 nitrogen and oxygen atoms in total. The second kappa shape index (κ2) is 7.24. The molecule has 0 aromatic heterocycles. The average Bonchev–Trinajstić information content (AvgIpc) is 2.37. The second-order valence-corrected chi connectivity index (χ2v) is 4.50. The van der Waals surface area contributed by atoms with Gasteiger partial charge in [-0.3, -0.25) is 9.59 Å². The molecular weight excluding hydrogens is 277 g/mol. The number of halogens is 2.